The van der Waals surface area contributed by atoms with Crippen molar-refractivity contribution in [3.05, 3.63) is 32.3 Å². The molecule has 1 aromatic carbocycles. The maximum atomic E-state index is 10.8. The molecule has 0 unspecified atom stereocenters. The summed E-state index contributed by atoms with van der Waals surface area (Å²) in [5.74, 6) is 0.145. The van der Waals surface area contributed by atoms with Gasteiger partial charge in [-0.1, -0.05) is 23.2 Å². The van der Waals surface area contributed by atoms with E-state index in [-0.39, 0.29) is 21.5 Å². The Morgan fingerprint density at radius 3 is 2.67 bits per heavy atom. The molecule has 2 rings (SSSR count). The number of benzene rings is 1. The van der Waals surface area contributed by atoms with Crippen molar-refractivity contribution in [2.24, 2.45) is 0 Å². The molecule has 98 valence electrons. The normalized spacial score (nSPS) is 14.6. The van der Waals surface area contributed by atoms with E-state index in [0.717, 1.165) is 0 Å². The summed E-state index contributed by atoms with van der Waals surface area (Å²) in [5, 5.41) is 14.5. The zero-order valence-corrected chi connectivity index (χ0v) is 11.0. The van der Waals surface area contributed by atoms with Crippen molar-refractivity contribution in [1.82, 2.24) is 5.32 Å². The van der Waals surface area contributed by atoms with E-state index >= 15 is 0 Å². The summed E-state index contributed by atoms with van der Waals surface area (Å²) >= 11 is 11.6. The highest BCUT2D eigenvalue weighted by atomic mass is 35.5. The van der Waals surface area contributed by atoms with Crippen molar-refractivity contribution < 1.29 is 9.66 Å². The minimum atomic E-state index is -0.536. The molecule has 0 radical (unpaired) electrons. The van der Waals surface area contributed by atoms with Gasteiger partial charge in [-0.15, -0.1) is 0 Å². The maximum absolute atomic E-state index is 10.8. The van der Waals surface area contributed by atoms with Crippen LogP contribution in [0.5, 0.6) is 5.75 Å². The standard InChI is InChI=1S/C11H12Cl2N2O3/c12-8-5-10(15(16)17)11(6-9(8)13)18-4-3-14-7-1-2-7/h5-7,14H,1-4H2. The highest BCUT2D eigenvalue weighted by Crippen LogP contribution is 2.35. The van der Waals surface area contributed by atoms with Gasteiger partial charge < -0.3 is 10.1 Å². The molecule has 0 aliphatic heterocycles. The summed E-state index contributed by atoms with van der Waals surface area (Å²) in [6.07, 6.45) is 2.37. The maximum Gasteiger partial charge on any atom is 0.312 e. The van der Waals surface area contributed by atoms with Crippen molar-refractivity contribution in [2.75, 3.05) is 13.2 Å². The molecule has 0 aromatic heterocycles. The fraction of sp³-hybridized carbons (Fsp3) is 0.455. The molecular weight excluding hydrogens is 279 g/mol. The molecule has 1 saturated carbocycles. The van der Waals surface area contributed by atoms with E-state index in [1.807, 2.05) is 0 Å². The van der Waals surface area contributed by atoms with E-state index in [4.69, 9.17) is 27.9 Å². The summed E-state index contributed by atoms with van der Waals surface area (Å²) in [5.41, 5.74) is -0.171. The number of nitro groups is 1. The first-order valence-corrected chi connectivity index (χ1v) is 6.33. The van der Waals surface area contributed by atoms with E-state index in [1.54, 1.807) is 0 Å². The number of nitrogens with one attached hydrogen (secondary N) is 1. The van der Waals surface area contributed by atoms with Crippen LogP contribution >= 0.6 is 23.2 Å². The minimum Gasteiger partial charge on any atom is -0.485 e. The Labute approximate surface area is 114 Å². The Hall–Kier alpha value is -1.04. The first-order valence-electron chi connectivity index (χ1n) is 5.57. The summed E-state index contributed by atoms with van der Waals surface area (Å²) in [6, 6.07) is 3.16. The number of nitrogens with zero attached hydrogens (tertiary/aromatic N) is 1. The molecule has 18 heavy (non-hydrogen) atoms. The monoisotopic (exact) mass is 290 g/mol. The van der Waals surface area contributed by atoms with Crippen LogP contribution < -0.4 is 10.1 Å². The molecule has 0 spiro atoms. The number of nitro benzene ring substituents is 1. The van der Waals surface area contributed by atoms with Crippen LogP contribution in [0.15, 0.2) is 12.1 Å². The van der Waals surface area contributed by atoms with E-state index in [1.165, 1.54) is 25.0 Å². The number of rotatable bonds is 6. The predicted molar refractivity (Wildman–Crippen MR) is 69.6 cm³/mol. The van der Waals surface area contributed by atoms with Crippen LogP contribution in [0, 0.1) is 10.1 Å². The van der Waals surface area contributed by atoms with Crippen molar-refractivity contribution >= 4 is 28.9 Å². The zero-order valence-electron chi connectivity index (χ0n) is 9.49. The Morgan fingerprint density at radius 2 is 2.06 bits per heavy atom. The molecule has 0 saturated heterocycles. The van der Waals surface area contributed by atoms with Crippen LogP contribution in [0.1, 0.15) is 12.8 Å². The van der Waals surface area contributed by atoms with Gasteiger partial charge in [-0.25, -0.2) is 0 Å². The number of halogens is 2. The highest BCUT2D eigenvalue weighted by molar-refractivity contribution is 6.42. The lowest BCUT2D eigenvalue weighted by atomic mass is 10.3. The SMILES string of the molecule is O=[N+]([O-])c1cc(Cl)c(Cl)cc1OCCNC1CC1. The summed E-state index contributed by atoms with van der Waals surface area (Å²) in [7, 11) is 0. The number of hydrogen-bond acceptors (Lipinski definition) is 4. The lowest BCUT2D eigenvalue weighted by Gasteiger charge is -2.08. The van der Waals surface area contributed by atoms with E-state index in [0.29, 0.717) is 19.2 Å². The quantitative estimate of drug-likeness (QED) is 0.497. The van der Waals surface area contributed by atoms with Crippen molar-refractivity contribution in [3.8, 4) is 5.75 Å². The van der Waals surface area contributed by atoms with Gasteiger partial charge in [-0.2, -0.15) is 0 Å². The molecule has 0 bridgehead atoms. The van der Waals surface area contributed by atoms with E-state index in [2.05, 4.69) is 5.32 Å². The van der Waals surface area contributed by atoms with Crippen LogP contribution in [-0.4, -0.2) is 24.1 Å². The zero-order chi connectivity index (χ0) is 13.1. The van der Waals surface area contributed by atoms with Gasteiger partial charge in [-0.05, 0) is 12.8 Å². The van der Waals surface area contributed by atoms with Crippen LogP contribution in [-0.2, 0) is 0 Å². The third-order valence-corrected chi connectivity index (χ3v) is 3.29. The Kier molecular flexibility index (Phi) is 4.27. The second kappa shape index (κ2) is 5.73. The second-order valence-corrected chi connectivity index (χ2v) is 4.88. The van der Waals surface area contributed by atoms with Crippen molar-refractivity contribution in [2.45, 2.75) is 18.9 Å². The molecule has 0 atom stereocenters. The van der Waals surface area contributed by atoms with Gasteiger partial charge in [0.25, 0.3) is 0 Å². The van der Waals surface area contributed by atoms with Gasteiger partial charge in [0, 0.05) is 24.7 Å². The van der Waals surface area contributed by atoms with Crippen LogP contribution in [0.4, 0.5) is 5.69 Å². The fourth-order valence-electron chi connectivity index (χ4n) is 1.49. The Bertz CT molecular complexity index is 464. The van der Waals surface area contributed by atoms with Gasteiger partial charge in [0.15, 0.2) is 5.75 Å². The average molecular weight is 291 g/mol. The first kappa shape index (κ1) is 13.4. The third kappa shape index (κ3) is 3.48. The first-order chi connectivity index (χ1) is 8.58. The molecule has 0 amide bonds. The molecule has 1 aliphatic carbocycles. The van der Waals surface area contributed by atoms with Crippen molar-refractivity contribution in [1.29, 1.82) is 0 Å². The molecule has 1 aliphatic rings. The molecule has 1 fully saturated rings. The topological polar surface area (TPSA) is 64.4 Å². The van der Waals surface area contributed by atoms with Crippen LogP contribution in [0.2, 0.25) is 10.0 Å². The molecule has 1 aromatic rings. The van der Waals surface area contributed by atoms with Crippen LogP contribution in [0.3, 0.4) is 0 Å². The van der Waals surface area contributed by atoms with Gasteiger partial charge >= 0.3 is 5.69 Å². The Balaban J connectivity index is 1.99. The average Bonchev–Trinajstić information content (AvgIpc) is 3.12. The third-order valence-electron chi connectivity index (χ3n) is 2.57. The minimum absolute atomic E-state index is 0.145. The summed E-state index contributed by atoms with van der Waals surface area (Å²) in [6.45, 7) is 1.01. The predicted octanol–water partition coefficient (Wildman–Crippen LogP) is 3.03. The molecular formula is C11H12Cl2N2O3. The summed E-state index contributed by atoms with van der Waals surface area (Å²) in [4.78, 5) is 10.3. The van der Waals surface area contributed by atoms with Gasteiger partial charge in [0.1, 0.15) is 6.61 Å². The molecule has 0 heterocycles. The fourth-order valence-corrected chi connectivity index (χ4v) is 1.80. The summed E-state index contributed by atoms with van der Waals surface area (Å²) < 4.78 is 5.37. The van der Waals surface area contributed by atoms with Gasteiger partial charge in [-0.3, -0.25) is 10.1 Å². The highest BCUT2D eigenvalue weighted by Gasteiger charge is 2.21. The lowest BCUT2D eigenvalue weighted by molar-refractivity contribution is -0.385. The smallest absolute Gasteiger partial charge is 0.312 e. The largest absolute Gasteiger partial charge is 0.485 e. The van der Waals surface area contributed by atoms with Gasteiger partial charge in [0.2, 0.25) is 0 Å². The number of ether oxygens (including phenoxy) is 1. The van der Waals surface area contributed by atoms with Crippen LogP contribution in [0.25, 0.3) is 0 Å². The Morgan fingerprint density at radius 1 is 1.39 bits per heavy atom. The van der Waals surface area contributed by atoms with E-state index < -0.39 is 4.92 Å². The van der Waals surface area contributed by atoms with E-state index in [9.17, 15) is 10.1 Å². The molecule has 1 N–H and O–H groups in total. The molecule has 7 heteroatoms. The van der Waals surface area contributed by atoms with Gasteiger partial charge in [0.05, 0.1) is 15.0 Å². The lowest BCUT2D eigenvalue weighted by Crippen LogP contribution is -2.23. The van der Waals surface area contributed by atoms with Crippen molar-refractivity contribution in [3.63, 3.8) is 0 Å². The second-order valence-electron chi connectivity index (χ2n) is 4.07. The number of hydrogen-bond donors (Lipinski definition) is 1. The molecule has 5 nitrogen and oxygen atoms in total.